The molecule has 0 radical (unpaired) electrons. The number of nitrogens with one attached hydrogen (secondary N) is 2. The summed E-state index contributed by atoms with van der Waals surface area (Å²) in [6, 6.07) is 9.60. The van der Waals surface area contributed by atoms with Crippen molar-refractivity contribution in [2.24, 2.45) is 0 Å². The van der Waals surface area contributed by atoms with Gasteiger partial charge in [-0.15, -0.1) is 11.3 Å². The van der Waals surface area contributed by atoms with E-state index in [1.807, 2.05) is 19.1 Å². The van der Waals surface area contributed by atoms with Crippen LogP contribution in [0.4, 0.5) is 14.5 Å². The van der Waals surface area contributed by atoms with Gasteiger partial charge in [-0.1, -0.05) is 0 Å². The van der Waals surface area contributed by atoms with Crippen molar-refractivity contribution in [2.45, 2.75) is 13.5 Å². The number of thiophene rings is 1. The lowest BCUT2D eigenvalue weighted by molar-refractivity contribution is -0.124. The summed E-state index contributed by atoms with van der Waals surface area (Å²) in [5.41, 5.74) is 0.162. The molecule has 29 heavy (non-hydrogen) atoms. The molecule has 150 valence electrons. The van der Waals surface area contributed by atoms with Gasteiger partial charge in [0.1, 0.15) is 12.2 Å². The van der Waals surface area contributed by atoms with Crippen LogP contribution in [0.5, 0.6) is 0 Å². The molecule has 2 heterocycles. The SMILES string of the molecule is Cc1ccc(-c2ccc(=O)n(CC(=O)NCC(=O)Nc3ccc(F)c(F)c3)n2)s1. The van der Waals surface area contributed by atoms with Gasteiger partial charge in [0.05, 0.1) is 11.4 Å². The van der Waals surface area contributed by atoms with E-state index in [0.717, 1.165) is 26.6 Å². The fraction of sp³-hybridized carbons (Fsp3) is 0.158. The fourth-order valence-electron chi connectivity index (χ4n) is 2.42. The summed E-state index contributed by atoms with van der Waals surface area (Å²) in [7, 11) is 0. The number of hydrogen-bond acceptors (Lipinski definition) is 5. The largest absolute Gasteiger partial charge is 0.345 e. The van der Waals surface area contributed by atoms with Crippen molar-refractivity contribution in [3.8, 4) is 10.6 Å². The van der Waals surface area contributed by atoms with E-state index in [1.54, 1.807) is 6.07 Å². The van der Waals surface area contributed by atoms with Gasteiger partial charge >= 0.3 is 0 Å². The van der Waals surface area contributed by atoms with Gasteiger partial charge in [0.2, 0.25) is 11.8 Å². The molecule has 1 aromatic carbocycles. The summed E-state index contributed by atoms with van der Waals surface area (Å²) < 4.78 is 27.0. The molecule has 0 bridgehead atoms. The lowest BCUT2D eigenvalue weighted by atomic mass is 10.3. The van der Waals surface area contributed by atoms with Gasteiger partial charge < -0.3 is 10.6 Å². The molecule has 2 aromatic heterocycles. The summed E-state index contributed by atoms with van der Waals surface area (Å²) in [6.07, 6.45) is 0. The van der Waals surface area contributed by atoms with Crippen LogP contribution in [-0.4, -0.2) is 28.1 Å². The lowest BCUT2D eigenvalue weighted by Gasteiger charge is -2.09. The lowest BCUT2D eigenvalue weighted by Crippen LogP contribution is -2.37. The van der Waals surface area contributed by atoms with Gasteiger partial charge in [-0.05, 0) is 37.3 Å². The first-order chi connectivity index (χ1) is 13.8. The molecule has 3 aromatic rings. The molecule has 2 N–H and O–H groups in total. The average Bonchev–Trinajstić information content (AvgIpc) is 3.11. The van der Waals surface area contributed by atoms with E-state index in [2.05, 4.69) is 15.7 Å². The van der Waals surface area contributed by atoms with Crippen LogP contribution in [0.3, 0.4) is 0 Å². The molecule has 2 amide bonds. The monoisotopic (exact) mass is 418 g/mol. The van der Waals surface area contributed by atoms with Crippen LogP contribution in [0.25, 0.3) is 10.6 Å². The van der Waals surface area contributed by atoms with E-state index >= 15 is 0 Å². The first-order valence-corrected chi connectivity index (χ1v) is 9.30. The summed E-state index contributed by atoms with van der Waals surface area (Å²) in [5, 5.41) is 8.87. The highest BCUT2D eigenvalue weighted by Crippen LogP contribution is 2.24. The Balaban J connectivity index is 1.58. The highest BCUT2D eigenvalue weighted by Gasteiger charge is 2.11. The third-order valence-electron chi connectivity index (χ3n) is 3.80. The summed E-state index contributed by atoms with van der Waals surface area (Å²) in [6.45, 7) is 1.18. The highest BCUT2D eigenvalue weighted by molar-refractivity contribution is 7.15. The molecule has 7 nitrogen and oxygen atoms in total. The van der Waals surface area contributed by atoms with Gasteiger partial charge in [0.25, 0.3) is 5.56 Å². The summed E-state index contributed by atoms with van der Waals surface area (Å²) >= 11 is 1.51. The number of anilines is 1. The zero-order valence-electron chi connectivity index (χ0n) is 15.2. The Morgan fingerprint density at radius 2 is 1.86 bits per heavy atom. The molecule has 0 fully saturated rings. The van der Waals surface area contributed by atoms with Gasteiger partial charge in [-0.25, -0.2) is 13.5 Å². The third-order valence-corrected chi connectivity index (χ3v) is 4.83. The van der Waals surface area contributed by atoms with E-state index in [0.29, 0.717) is 5.69 Å². The van der Waals surface area contributed by atoms with Gasteiger partial charge in [0, 0.05) is 22.7 Å². The second-order valence-electron chi connectivity index (χ2n) is 6.08. The standard InChI is InChI=1S/C19H16F2N4O3S/c1-11-2-6-16(29-11)15-5-7-19(28)25(24-15)10-18(27)22-9-17(26)23-12-3-4-13(20)14(21)8-12/h2-8H,9-10H2,1H3,(H,22,27)(H,23,26). The third kappa shape index (κ3) is 5.32. The van der Waals surface area contributed by atoms with Crippen LogP contribution >= 0.6 is 11.3 Å². The number of benzene rings is 1. The molecule has 0 atom stereocenters. The minimum absolute atomic E-state index is 0.0555. The Labute approximate surface area is 168 Å². The van der Waals surface area contributed by atoms with E-state index < -0.39 is 35.6 Å². The molecule has 0 unspecified atom stereocenters. The van der Waals surface area contributed by atoms with Gasteiger partial charge in [-0.2, -0.15) is 5.10 Å². The maximum Gasteiger partial charge on any atom is 0.267 e. The Morgan fingerprint density at radius 1 is 1.07 bits per heavy atom. The summed E-state index contributed by atoms with van der Waals surface area (Å²) in [4.78, 5) is 37.8. The zero-order chi connectivity index (χ0) is 21.0. The molecule has 0 saturated heterocycles. The Hall–Kier alpha value is -3.40. The molecule has 10 heteroatoms. The van der Waals surface area contributed by atoms with Gasteiger partial charge in [-0.3, -0.25) is 14.4 Å². The second kappa shape index (κ2) is 8.74. The predicted molar refractivity (Wildman–Crippen MR) is 105 cm³/mol. The van der Waals surface area contributed by atoms with Crippen molar-refractivity contribution in [2.75, 3.05) is 11.9 Å². The molecular formula is C19H16F2N4O3S. The number of amides is 2. The predicted octanol–water partition coefficient (Wildman–Crippen LogP) is 2.31. The quantitative estimate of drug-likeness (QED) is 0.643. The van der Waals surface area contributed by atoms with E-state index in [4.69, 9.17) is 0 Å². The van der Waals surface area contributed by atoms with Crippen molar-refractivity contribution in [3.63, 3.8) is 0 Å². The normalized spacial score (nSPS) is 10.6. The highest BCUT2D eigenvalue weighted by atomic mass is 32.1. The van der Waals surface area contributed by atoms with E-state index in [1.165, 1.54) is 23.5 Å². The first-order valence-electron chi connectivity index (χ1n) is 8.48. The molecule has 0 spiro atoms. The number of aromatic nitrogens is 2. The first kappa shape index (κ1) is 20.3. The van der Waals surface area contributed by atoms with Crippen molar-refractivity contribution >= 4 is 28.8 Å². The number of carbonyl (C=O) groups excluding carboxylic acids is 2. The number of nitrogens with zero attached hydrogens (tertiary/aromatic N) is 2. The van der Waals surface area contributed by atoms with Gasteiger partial charge in [0.15, 0.2) is 11.6 Å². The van der Waals surface area contributed by atoms with Crippen molar-refractivity contribution in [3.05, 3.63) is 69.3 Å². The molecule has 0 aliphatic heterocycles. The van der Waals surface area contributed by atoms with Crippen LogP contribution in [0.2, 0.25) is 0 Å². The van der Waals surface area contributed by atoms with Crippen LogP contribution < -0.4 is 16.2 Å². The molecule has 3 rings (SSSR count). The topological polar surface area (TPSA) is 93.1 Å². The molecular weight excluding hydrogens is 402 g/mol. The van der Waals surface area contributed by atoms with Crippen molar-refractivity contribution in [1.29, 1.82) is 0 Å². The minimum atomic E-state index is -1.10. The fourth-order valence-corrected chi connectivity index (χ4v) is 3.25. The number of carbonyl (C=O) groups is 2. The molecule has 0 aliphatic carbocycles. The maximum atomic E-state index is 13.1. The van der Waals surface area contributed by atoms with Crippen LogP contribution in [0.1, 0.15) is 4.88 Å². The molecule has 0 saturated carbocycles. The van der Waals surface area contributed by atoms with Crippen LogP contribution in [-0.2, 0) is 16.1 Å². The smallest absolute Gasteiger partial charge is 0.267 e. The summed E-state index contributed by atoms with van der Waals surface area (Å²) in [5.74, 6) is -3.36. The van der Waals surface area contributed by atoms with E-state index in [9.17, 15) is 23.2 Å². The van der Waals surface area contributed by atoms with Crippen molar-refractivity contribution in [1.82, 2.24) is 15.1 Å². The molecule has 0 aliphatic rings. The Kier molecular flexibility index (Phi) is 6.13. The maximum absolute atomic E-state index is 13.1. The average molecular weight is 418 g/mol. The van der Waals surface area contributed by atoms with Crippen LogP contribution in [0.15, 0.2) is 47.3 Å². The zero-order valence-corrected chi connectivity index (χ0v) is 16.1. The van der Waals surface area contributed by atoms with E-state index in [-0.39, 0.29) is 12.2 Å². The minimum Gasteiger partial charge on any atom is -0.345 e. The number of aryl methyl sites for hydroxylation is 1. The number of halogens is 2. The Morgan fingerprint density at radius 3 is 2.55 bits per heavy atom. The second-order valence-corrected chi connectivity index (χ2v) is 7.37. The number of hydrogen-bond donors (Lipinski definition) is 2. The Bertz CT molecular complexity index is 1130. The number of rotatable bonds is 6. The van der Waals surface area contributed by atoms with Crippen LogP contribution in [0, 0.1) is 18.6 Å². The van der Waals surface area contributed by atoms with Crippen molar-refractivity contribution < 1.29 is 18.4 Å².